The fraction of sp³-hybridized carbons (Fsp3) is 0.444. The number of fused-ring (bicyclic) bond motifs is 1. The maximum Gasteiger partial charge on any atom is 0.243 e. The Balaban J connectivity index is 1.45. The van der Waals surface area contributed by atoms with Crippen LogP contribution in [-0.4, -0.2) is 71.2 Å². The lowest BCUT2D eigenvalue weighted by molar-refractivity contribution is -0.152. The van der Waals surface area contributed by atoms with Crippen LogP contribution < -0.4 is 10.6 Å². The molecule has 0 aliphatic carbocycles. The molecule has 0 saturated carbocycles. The van der Waals surface area contributed by atoms with E-state index in [-0.39, 0.29) is 37.9 Å². The summed E-state index contributed by atoms with van der Waals surface area (Å²) >= 11 is 0. The van der Waals surface area contributed by atoms with Crippen LogP contribution in [0, 0.1) is 0 Å². The van der Waals surface area contributed by atoms with Crippen LogP contribution in [0.4, 0.5) is 0 Å². The van der Waals surface area contributed by atoms with Crippen molar-refractivity contribution in [2.24, 2.45) is 0 Å². The number of pyridine rings is 1. The summed E-state index contributed by atoms with van der Waals surface area (Å²) in [7, 11) is 0. The number of H-pyrrole nitrogens is 1. The van der Waals surface area contributed by atoms with Gasteiger partial charge >= 0.3 is 0 Å². The third-order valence-electron chi connectivity index (χ3n) is 4.99. The van der Waals surface area contributed by atoms with Crippen LogP contribution >= 0.6 is 0 Å². The van der Waals surface area contributed by atoms with E-state index < -0.39 is 11.8 Å². The molecule has 4 heterocycles. The van der Waals surface area contributed by atoms with Crippen molar-refractivity contribution >= 4 is 29.1 Å². The normalized spacial score (nSPS) is 20.6. The van der Waals surface area contributed by atoms with E-state index in [4.69, 9.17) is 9.47 Å². The molecule has 2 saturated heterocycles. The summed E-state index contributed by atoms with van der Waals surface area (Å²) in [6.07, 6.45) is 4.14. The summed E-state index contributed by atoms with van der Waals surface area (Å²) in [5.74, 6) is -1.61. The van der Waals surface area contributed by atoms with Gasteiger partial charge in [0.05, 0.1) is 32.8 Å². The number of aromatic nitrogens is 2. The maximum absolute atomic E-state index is 12.8. The molecule has 2 aromatic rings. The molecule has 10 heteroatoms. The van der Waals surface area contributed by atoms with Crippen molar-refractivity contribution in [2.75, 3.05) is 26.3 Å². The minimum Gasteiger partial charge on any atom is -0.357 e. The quantitative estimate of drug-likeness (QED) is 0.561. The number of nitrogens with one attached hydrogen (secondary N) is 3. The third kappa shape index (κ3) is 3.56. The van der Waals surface area contributed by atoms with Gasteiger partial charge in [-0.3, -0.25) is 19.4 Å². The average molecular weight is 387 g/mol. The van der Waals surface area contributed by atoms with E-state index in [0.717, 1.165) is 16.6 Å². The molecule has 3 amide bonds. The second-order valence-electron chi connectivity index (χ2n) is 6.82. The molecular formula is C18H21N5O5. The molecule has 0 bridgehead atoms. The first-order valence-electron chi connectivity index (χ1n) is 9.04. The van der Waals surface area contributed by atoms with Crippen molar-refractivity contribution in [1.82, 2.24) is 25.5 Å². The lowest BCUT2D eigenvalue weighted by Gasteiger charge is -2.23. The number of carbonyl (C=O) groups excluding carboxylic acids is 3. The van der Waals surface area contributed by atoms with Crippen LogP contribution in [0.1, 0.15) is 12.1 Å². The Morgan fingerprint density at radius 2 is 2.21 bits per heavy atom. The molecule has 4 rings (SSSR count). The molecule has 1 spiro atoms. The lowest BCUT2D eigenvalue weighted by Crippen LogP contribution is -2.48. The summed E-state index contributed by atoms with van der Waals surface area (Å²) in [4.78, 5) is 44.5. The van der Waals surface area contributed by atoms with Crippen molar-refractivity contribution in [3.8, 4) is 0 Å². The summed E-state index contributed by atoms with van der Waals surface area (Å²) in [6.45, 7) is 1.10. The van der Waals surface area contributed by atoms with Crippen LogP contribution in [-0.2, 0) is 30.4 Å². The van der Waals surface area contributed by atoms with Crippen LogP contribution in [0.3, 0.4) is 0 Å². The van der Waals surface area contributed by atoms with Gasteiger partial charge in [-0.05, 0) is 12.1 Å². The van der Waals surface area contributed by atoms with Crippen LogP contribution in [0.5, 0.6) is 0 Å². The Morgan fingerprint density at radius 3 is 2.96 bits per heavy atom. The van der Waals surface area contributed by atoms with Gasteiger partial charge in [0.15, 0.2) is 5.79 Å². The van der Waals surface area contributed by atoms with Gasteiger partial charge in [-0.25, -0.2) is 0 Å². The number of carbonyl (C=O) groups is 3. The van der Waals surface area contributed by atoms with Gasteiger partial charge in [-0.15, -0.1) is 0 Å². The molecule has 2 aromatic heterocycles. The Labute approximate surface area is 160 Å². The Morgan fingerprint density at radius 1 is 1.39 bits per heavy atom. The zero-order valence-electron chi connectivity index (χ0n) is 15.1. The smallest absolute Gasteiger partial charge is 0.243 e. The molecule has 2 aliphatic heterocycles. The van der Waals surface area contributed by atoms with E-state index in [2.05, 4.69) is 20.6 Å². The highest BCUT2D eigenvalue weighted by atomic mass is 16.7. The number of nitrogens with zero attached hydrogens (tertiary/aromatic N) is 2. The predicted molar refractivity (Wildman–Crippen MR) is 96.8 cm³/mol. The third-order valence-corrected chi connectivity index (χ3v) is 4.99. The van der Waals surface area contributed by atoms with E-state index in [1.165, 1.54) is 4.90 Å². The summed E-state index contributed by atoms with van der Waals surface area (Å²) in [5.41, 5.74) is 1.77. The molecule has 2 aliphatic rings. The number of hydrogen-bond donors (Lipinski definition) is 3. The number of amides is 3. The van der Waals surface area contributed by atoms with Gasteiger partial charge in [0, 0.05) is 35.4 Å². The van der Waals surface area contributed by atoms with Crippen LogP contribution in [0.25, 0.3) is 10.9 Å². The van der Waals surface area contributed by atoms with Gasteiger partial charge < -0.3 is 30.0 Å². The first kappa shape index (κ1) is 18.4. The largest absolute Gasteiger partial charge is 0.357 e. The Kier molecular flexibility index (Phi) is 4.97. The maximum atomic E-state index is 12.8. The number of aromatic amines is 1. The molecule has 1 unspecified atom stereocenters. The van der Waals surface area contributed by atoms with Crippen molar-refractivity contribution in [1.29, 1.82) is 0 Å². The highest BCUT2D eigenvalue weighted by Gasteiger charge is 2.52. The Hall–Kier alpha value is -2.98. The van der Waals surface area contributed by atoms with Crippen molar-refractivity contribution in [2.45, 2.75) is 24.8 Å². The summed E-state index contributed by atoms with van der Waals surface area (Å²) in [6, 6.07) is 3.04. The molecule has 3 N–H and O–H groups in total. The number of rotatable bonds is 6. The second kappa shape index (κ2) is 7.56. The standard InChI is InChI=1S/C18H21N5O5/c24-11-20-9-16(25)23-10-18(27-3-4-28-18)6-15(23)17(26)21-8-13-5-12-7-19-2-1-14(12)22-13/h1-2,5,7,11,15,22H,3-4,6,8-10H2,(H,20,24)(H,21,26). The van der Waals surface area contributed by atoms with E-state index in [0.29, 0.717) is 19.6 Å². The fourth-order valence-electron chi connectivity index (χ4n) is 3.70. The molecule has 1 atom stereocenters. The average Bonchev–Trinajstić information content (AvgIpc) is 3.43. The van der Waals surface area contributed by atoms with E-state index in [9.17, 15) is 14.4 Å². The molecule has 0 aromatic carbocycles. The van der Waals surface area contributed by atoms with E-state index in [1.807, 2.05) is 12.1 Å². The van der Waals surface area contributed by atoms with Crippen molar-refractivity contribution < 1.29 is 23.9 Å². The van der Waals surface area contributed by atoms with Crippen molar-refractivity contribution in [3.05, 3.63) is 30.2 Å². The predicted octanol–water partition coefficient (Wildman–Crippen LogP) is -0.731. The summed E-state index contributed by atoms with van der Waals surface area (Å²) < 4.78 is 11.3. The molecule has 2 fully saturated rings. The molecular weight excluding hydrogens is 366 g/mol. The minimum atomic E-state index is -0.953. The summed E-state index contributed by atoms with van der Waals surface area (Å²) in [5, 5.41) is 6.16. The second-order valence-corrected chi connectivity index (χ2v) is 6.82. The van der Waals surface area contributed by atoms with Crippen LogP contribution in [0.2, 0.25) is 0 Å². The highest BCUT2D eigenvalue weighted by molar-refractivity contribution is 5.90. The molecule has 28 heavy (non-hydrogen) atoms. The number of likely N-dealkylation sites (tertiary alicyclic amines) is 1. The van der Waals surface area contributed by atoms with E-state index >= 15 is 0 Å². The first-order valence-corrected chi connectivity index (χ1v) is 9.04. The number of ether oxygens (including phenoxy) is 2. The monoisotopic (exact) mass is 387 g/mol. The van der Waals surface area contributed by atoms with E-state index in [1.54, 1.807) is 12.4 Å². The number of hydrogen-bond acceptors (Lipinski definition) is 6. The zero-order valence-corrected chi connectivity index (χ0v) is 15.1. The fourth-order valence-corrected chi connectivity index (χ4v) is 3.70. The van der Waals surface area contributed by atoms with Gasteiger partial charge in [0.25, 0.3) is 0 Å². The molecule has 0 radical (unpaired) electrons. The lowest BCUT2D eigenvalue weighted by atomic mass is 10.1. The topological polar surface area (TPSA) is 126 Å². The van der Waals surface area contributed by atoms with Gasteiger partial charge in [-0.1, -0.05) is 0 Å². The van der Waals surface area contributed by atoms with Gasteiger partial charge in [0.1, 0.15) is 6.04 Å². The molecule has 10 nitrogen and oxygen atoms in total. The SMILES string of the molecule is O=CNCC(=O)N1CC2(CC1C(=O)NCc1cc3cnccc3[nH]1)OCCO2. The first-order chi connectivity index (χ1) is 13.6. The van der Waals surface area contributed by atoms with Crippen LogP contribution in [0.15, 0.2) is 24.5 Å². The van der Waals surface area contributed by atoms with Crippen molar-refractivity contribution in [3.63, 3.8) is 0 Å². The zero-order chi connectivity index (χ0) is 19.6. The Bertz CT molecular complexity index is 858. The van der Waals surface area contributed by atoms with Gasteiger partial charge in [0.2, 0.25) is 18.2 Å². The molecule has 148 valence electrons. The minimum absolute atomic E-state index is 0.155. The van der Waals surface area contributed by atoms with Gasteiger partial charge in [-0.2, -0.15) is 0 Å². The highest BCUT2D eigenvalue weighted by Crippen LogP contribution is 2.34.